The molecule has 1 aliphatic heterocycles. The summed E-state index contributed by atoms with van der Waals surface area (Å²) in [5.41, 5.74) is 2.21. The van der Waals surface area contributed by atoms with Gasteiger partial charge in [0, 0.05) is 12.2 Å². The van der Waals surface area contributed by atoms with Crippen molar-refractivity contribution in [3.8, 4) is 5.75 Å². The van der Waals surface area contributed by atoms with E-state index >= 15 is 0 Å². The number of halogens is 1. The number of benzene rings is 2. The molecule has 6 heteroatoms. The molecule has 2 aromatic carbocycles. The van der Waals surface area contributed by atoms with Crippen molar-refractivity contribution in [2.75, 3.05) is 44.7 Å². The largest absolute Gasteiger partial charge is 0.497 e. The molecule has 28 heavy (non-hydrogen) atoms. The Kier molecular flexibility index (Phi) is 6.87. The van der Waals surface area contributed by atoms with E-state index in [1.54, 1.807) is 7.11 Å². The predicted octanol–water partition coefficient (Wildman–Crippen LogP) is 1.29. The van der Waals surface area contributed by atoms with Crippen molar-refractivity contribution in [1.29, 1.82) is 0 Å². The van der Waals surface area contributed by atoms with E-state index in [2.05, 4.69) is 10.2 Å². The summed E-state index contributed by atoms with van der Waals surface area (Å²) >= 11 is 0. The first kappa shape index (κ1) is 20.1. The van der Waals surface area contributed by atoms with Crippen LogP contribution in [0.5, 0.6) is 5.75 Å². The molecule has 1 amide bonds. The molecule has 5 nitrogen and oxygen atoms in total. The summed E-state index contributed by atoms with van der Waals surface area (Å²) in [5.74, 6) is 0.719. The number of methoxy groups -OCH3 is 1. The van der Waals surface area contributed by atoms with Crippen molar-refractivity contribution in [2.24, 2.45) is 0 Å². The third-order valence-corrected chi connectivity index (χ3v) is 5.48. The zero-order chi connectivity index (χ0) is 19.9. The summed E-state index contributed by atoms with van der Waals surface area (Å²) in [6.45, 7) is 6.14. The second-order valence-electron chi connectivity index (χ2n) is 7.23. The molecular formula is C22H29FN3O2+. The van der Waals surface area contributed by atoms with Gasteiger partial charge in [0.1, 0.15) is 11.6 Å². The minimum atomic E-state index is -0.215. The summed E-state index contributed by atoms with van der Waals surface area (Å²) in [4.78, 5) is 16.1. The molecule has 1 heterocycles. The van der Waals surface area contributed by atoms with E-state index < -0.39 is 0 Å². The van der Waals surface area contributed by atoms with Crippen molar-refractivity contribution in [1.82, 2.24) is 5.32 Å². The van der Waals surface area contributed by atoms with Gasteiger partial charge in [-0.05, 0) is 55.3 Å². The number of hydrogen-bond donors (Lipinski definition) is 2. The van der Waals surface area contributed by atoms with Crippen LogP contribution in [0.25, 0.3) is 0 Å². The van der Waals surface area contributed by atoms with Crippen LogP contribution in [0.3, 0.4) is 0 Å². The van der Waals surface area contributed by atoms with Gasteiger partial charge in [0.15, 0.2) is 6.04 Å². The molecule has 1 saturated heterocycles. The Labute approximate surface area is 166 Å². The van der Waals surface area contributed by atoms with Crippen molar-refractivity contribution >= 4 is 11.6 Å². The quantitative estimate of drug-likeness (QED) is 0.754. The SMILES string of the molecule is COc1ccc(CCNC(=O)[C@H](C)[NH+]2CCN(c3ccc(F)cc3)CC2)cc1. The lowest BCUT2D eigenvalue weighted by Crippen LogP contribution is -3.19. The lowest BCUT2D eigenvalue weighted by molar-refractivity contribution is -0.914. The number of quaternary nitrogens is 1. The Balaban J connectivity index is 1.41. The lowest BCUT2D eigenvalue weighted by atomic mass is 10.1. The van der Waals surface area contributed by atoms with Crippen LogP contribution in [0.1, 0.15) is 12.5 Å². The van der Waals surface area contributed by atoms with E-state index in [4.69, 9.17) is 4.74 Å². The molecule has 150 valence electrons. The number of anilines is 1. The highest BCUT2D eigenvalue weighted by molar-refractivity contribution is 5.79. The maximum Gasteiger partial charge on any atom is 0.278 e. The Bertz CT molecular complexity index is 756. The summed E-state index contributed by atoms with van der Waals surface area (Å²) in [5, 5.41) is 3.06. The van der Waals surface area contributed by atoms with Gasteiger partial charge in [-0.1, -0.05) is 12.1 Å². The van der Waals surface area contributed by atoms with E-state index in [1.165, 1.54) is 22.6 Å². The number of ether oxygens (including phenoxy) is 1. The summed E-state index contributed by atoms with van der Waals surface area (Å²) < 4.78 is 18.2. The second-order valence-corrected chi connectivity index (χ2v) is 7.23. The third-order valence-electron chi connectivity index (χ3n) is 5.48. The fourth-order valence-corrected chi connectivity index (χ4v) is 3.60. The van der Waals surface area contributed by atoms with Crippen molar-refractivity contribution in [2.45, 2.75) is 19.4 Å². The first-order valence-electron chi connectivity index (χ1n) is 9.82. The number of nitrogens with zero attached hydrogens (tertiary/aromatic N) is 1. The van der Waals surface area contributed by atoms with Crippen LogP contribution < -0.4 is 19.9 Å². The number of rotatable bonds is 7. The molecule has 0 saturated carbocycles. The predicted molar refractivity (Wildman–Crippen MR) is 108 cm³/mol. The highest BCUT2D eigenvalue weighted by atomic mass is 19.1. The van der Waals surface area contributed by atoms with Crippen LogP contribution >= 0.6 is 0 Å². The van der Waals surface area contributed by atoms with Gasteiger partial charge in [-0.2, -0.15) is 0 Å². The van der Waals surface area contributed by atoms with Crippen LogP contribution in [0, 0.1) is 5.82 Å². The Morgan fingerprint density at radius 2 is 1.79 bits per heavy atom. The molecule has 0 aliphatic carbocycles. The fourth-order valence-electron chi connectivity index (χ4n) is 3.60. The molecule has 2 aromatic rings. The van der Waals surface area contributed by atoms with E-state index in [9.17, 15) is 9.18 Å². The standard InChI is InChI=1S/C22H28FN3O2/c1-17(22(27)24-12-11-18-3-9-21(28-2)10-4-18)25-13-15-26(16-14-25)20-7-5-19(23)6-8-20/h3-10,17H,11-16H2,1-2H3,(H,24,27)/p+1/t17-/m0/s1. The van der Waals surface area contributed by atoms with E-state index in [0.29, 0.717) is 6.54 Å². The fraction of sp³-hybridized carbons (Fsp3) is 0.409. The molecule has 1 fully saturated rings. The first-order valence-corrected chi connectivity index (χ1v) is 9.82. The van der Waals surface area contributed by atoms with E-state index in [0.717, 1.165) is 44.0 Å². The Morgan fingerprint density at radius 3 is 2.39 bits per heavy atom. The third kappa shape index (κ3) is 5.23. The van der Waals surface area contributed by atoms with Crippen molar-refractivity contribution in [3.63, 3.8) is 0 Å². The normalized spacial score (nSPS) is 15.9. The summed E-state index contributed by atoms with van der Waals surface area (Å²) in [6, 6.07) is 14.5. The highest BCUT2D eigenvalue weighted by Crippen LogP contribution is 2.14. The van der Waals surface area contributed by atoms with Crippen LogP contribution in [-0.2, 0) is 11.2 Å². The molecular weight excluding hydrogens is 357 g/mol. The maximum absolute atomic E-state index is 13.1. The molecule has 0 unspecified atom stereocenters. The van der Waals surface area contributed by atoms with E-state index in [-0.39, 0.29) is 17.8 Å². The van der Waals surface area contributed by atoms with Gasteiger partial charge < -0.3 is 19.9 Å². The Morgan fingerprint density at radius 1 is 1.14 bits per heavy atom. The minimum absolute atomic E-state index is 0.0776. The molecule has 0 aromatic heterocycles. The molecule has 0 spiro atoms. The number of hydrogen-bond acceptors (Lipinski definition) is 3. The van der Waals surface area contributed by atoms with Crippen molar-refractivity contribution < 1.29 is 18.8 Å². The zero-order valence-corrected chi connectivity index (χ0v) is 16.6. The number of amides is 1. The number of nitrogens with one attached hydrogen (secondary N) is 2. The lowest BCUT2D eigenvalue weighted by Gasteiger charge is -2.36. The summed E-state index contributed by atoms with van der Waals surface area (Å²) in [6.07, 6.45) is 0.802. The Hall–Kier alpha value is -2.60. The average molecular weight is 386 g/mol. The smallest absolute Gasteiger partial charge is 0.278 e. The highest BCUT2D eigenvalue weighted by Gasteiger charge is 2.29. The van der Waals surface area contributed by atoms with Crippen LogP contribution in [-0.4, -0.2) is 51.8 Å². The zero-order valence-electron chi connectivity index (χ0n) is 16.6. The van der Waals surface area contributed by atoms with Gasteiger partial charge in [-0.15, -0.1) is 0 Å². The second kappa shape index (κ2) is 9.55. The molecule has 0 radical (unpaired) electrons. The maximum atomic E-state index is 13.1. The van der Waals surface area contributed by atoms with Crippen LogP contribution in [0.2, 0.25) is 0 Å². The van der Waals surface area contributed by atoms with Crippen LogP contribution in [0.4, 0.5) is 10.1 Å². The number of carbonyl (C=O) groups is 1. The van der Waals surface area contributed by atoms with Gasteiger partial charge >= 0.3 is 0 Å². The van der Waals surface area contributed by atoms with Gasteiger partial charge in [-0.3, -0.25) is 4.79 Å². The number of carbonyl (C=O) groups excluding carboxylic acids is 1. The minimum Gasteiger partial charge on any atom is -0.497 e. The van der Waals surface area contributed by atoms with Gasteiger partial charge in [0.2, 0.25) is 0 Å². The average Bonchev–Trinajstić information content (AvgIpc) is 2.74. The molecule has 2 N–H and O–H groups in total. The first-order chi connectivity index (χ1) is 13.6. The van der Waals surface area contributed by atoms with Gasteiger partial charge in [0.05, 0.1) is 33.3 Å². The molecule has 1 aliphatic rings. The molecule has 3 rings (SSSR count). The summed E-state index contributed by atoms with van der Waals surface area (Å²) in [7, 11) is 1.65. The van der Waals surface area contributed by atoms with E-state index in [1.807, 2.05) is 43.3 Å². The van der Waals surface area contributed by atoms with Gasteiger partial charge in [-0.25, -0.2) is 4.39 Å². The van der Waals surface area contributed by atoms with Gasteiger partial charge in [0.25, 0.3) is 5.91 Å². The molecule has 0 bridgehead atoms. The topological polar surface area (TPSA) is 46.0 Å². The number of piperazine rings is 1. The van der Waals surface area contributed by atoms with Crippen LogP contribution in [0.15, 0.2) is 48.5 Å². The monoisotopic (exact) mass is 386 g/mol. The molecule has 1 atom stereocenters. The van der Waals surface area contributed by atoms with Crippen molar-refractivity contribution in [3.05, 3.63) is 59.9 Å².